The molecule has 2 amide bonds. The summed E-state index contributed by atoms with van der Waals surface area (Å²) in [5.74, 6) is 0.503. The molecule has 1 N–H and O–H groups in total. The van der Waals surface area contributed by atoms with E-state index in [1.807, 2.05) is 30.3 Å². The number of carbonyl (C=O) groups excluding carboxylic acids is 2. The Morgan fingerprint density at radius 3 is 2.65 bits per heavy atom. The fourth-order valence-corrected chi connectivity index (χ4v) is 2.21. The second-order valence-electron chi connectivity index (χ2n) is 6.20. The lowest BCUT2D eigenvalue weighted by Crippen LogP contribution is -2.37. The highest BCUT2D eigenvalue weighted by Gasteiger charge is 2.24. The fourth-order valence-electron chi connectivity index (χ4n) is 2.21. The van der Waals surface area contributed by atoms with Gasteiger partial charge < -0.3 is 15.0 Å². The molecular formula is C18H26N2O3. The van der Waals surface area contributed by atoms with Crippen LogP contribution in [0.25, 0.3) is 0 Å². The molecule has 126 valence electrons. The predicted molar refractivity (Wildman–Crippen MR) is 88.7 cm³/mol. The van der Waals surface area contributed by atoms with Gasteiger partial charge in [-0.2, -0.15) is 0 Å². The normalized spacial score (nSPS) is 15.0. The van der Waals surface area contributed by atoms with Crippen molar-refractivity contribution in [2.75, 3.05) is 20.2 Å². The zero-order valence-electron chi connectivity index (χ0n) is 14.0. The quantitative estimate of drug-likeness (QED) is 0.757. The van der Waals surface area contributed by atoms with Crippen molar-refractivity contribution < 1.29 is 14.3 Å². The number of amides is 2. The van der Waals surface area contributed by atoms with Crippen LogP contribution >= 0.6 is 0 Å². The lowest BCUT2D eigenvalue weighted by molar-refractivity contribution is -0.133. The molecule has 1 aliphatic rings. The zero-order chi connectivity index (χ0) is 16.7. The maximum absolute atomic E-state index is 12.1. The van der Waals surface area contributed by atoms with Crippen LogP contribution in [-0.4, -0.2) is 43.0 Å². The van der Waals surface area contributed by atoms with Crippen molar-refractivity contribution in [2.24, 2.45) is 5.92 Å². The summed E-state index contributed by atoms with van der Waals surface area (Å²) in [4.78, 5) is 25.6. The zero-order valence-corrected chi connectivity index (χ0v) is 14.0. The first-order valence-corrected chi connectivity index (χ1v) is 8.23. The van der Waals surface area contributed by atoms with E-state index in [1.54, 1.807) is 18.9 Å². The molecule has 0 aliphatic heterocycles. The van der Waals surface area contributed by atoms with Gasteiger partial charge in [-0.25, -0.2) is 0 Å². The Morgan fingerprint density at radius 2 is 2.00 bits per heavy atom. The van der Waals surface area contributed by atoms with Gasteiger partial charge in [0.2, 0.25) is 11.8 Å². The van der Waals surface area contributed by atoms with Crippen molar-refractivity contribution in [3.8, 4) is 0 Å². The minimum Gasteiger partial charge on any atom is -0.368 e. The molecule has 0 aromatic heterocycles. The number of nitrogens with one attached hydrogen (secondary N) is 1. The molecule has 23 heavy (non-hydrogen) atoms. The molecule has 0 saturated heterocycles. The van der Waals surface area contributed by atoms with E-state index in [2.05, 4.69) is 5.32 Å². The van der Waals surface area contributed by atoms with Crippen molar-refractivity contribution in [3.05, 3.63) is 35.9 Å². The largest absolute Gasteiger partial charge is 0.368 e. The number of ether oxygens (including phenoxy) is 1. The van der Waals surface area contributed by atoms with E-state index in [0.717, 1.165) is 5.56 Å². The van der Waals surface area contributed by atoms with Gasteiger partial charge in [-0.3, -0.25) is 9.59 Å². The molecular weight excluding hydrogens is 292 g/mol. The SMILES string of the molecule is C[C@@H](OCC1CC1)C(=O)NCCC(=O)N(C)Cc1ccccc1. The Bertz CT molecular complexity index is 514. The smallest absolute Gasteiger partial charge is 0.248 e. The fraction of sp³-hybridized carbons (Fsp3) is 0.556. The van der Waals surface area contributed by atoms with E-state index in [4.69, 9.17) is 4.74 Å². The van der Waals surface area contributed by atoms with E-state index in [1.165, 1.54) is 12.8 Å². The first-order valence-electron chi connectivity index (χ1n) is 8.23. The summed E-state index contributed by atoms with van der Waals surface area (Å²) in [6.45, 7) is 3.33. The summed E-state index contributed by atoms with van der Waals surface area (Å²) in [7, 11) is 1.78. The Balaban J connectivity index is 1.62. The minimum absolute atomic E-state index is 0.0145. The van der Waals surface area contributed by atoms with E-state index >= 15 is 0 Å². The van der Waals surface area contributed by atoms with Crippen LogP contribution in [0.1, 0.15) is 31.7 Å². The van der Waals surface area contributed by atoms with Gasteiger partial charge in [-0.05, 0) is 31.2 Å². The lowest BCUT2D eigenvalue weighted by Gasteiger charge is -2.18. The summed E-state index contributed by atoms with van der Waals surface area (Å²) >= 11 is 0. The standard InChI is InChI=1S/C18H26N2O3/c1-14(23-13-16-8-9-16)18(22)19-11-10-17(21)20(2)12-15-6-4-3-5-7-15/h3-7,14,16H,8-13H2,1-2H3,(H,19,22)/t14-/m1/s1. The van der Waals surface area contributed by atoms with Crippen LogP contribution in [-0.2, 0) is 20.9 Å². The molecule has 1 aromatic rings. The predicted octanol–water partition coefficient (Wildman–Crippen LogP) is 1.97. The van der Waals surface area contributed by atoms with E-state index < -0.39 is 6.10 Å². The van der Waals surface area contributed by atoms with Crippen LogP contribution in [0.3, 0.4) is 0 Å². The maximum atomic E-state index is 12.1. The maximum Gasteiger partial charge on any atom is 0.248 e. The highest BCUT2D eigenvalue weighted by atomic mass is 16.5. The highest BCUT2D eigenvalue weighted by Crippen LogP contribution is 2.29. The highest BCUT2D eigenvalue weighted by molar-refractivity contribution is 5.81. The summed E-state index contributed by atoms with van der Waals surface area (Å²) in [6.07, 6.45) is 2.25. The minimum atomic E-state index is -0.451. The third-order valence-electron chi connectivity index (χ3n) is 3.97. The van der Waals surface area contributed by atoms with E-state index in [-0.39, 0.29) is 11.8 Å². The summed E-state index contributed by atoms with van der Waals surface area (Å²) in [5.41, 5.74) is 1.09. The van der Waals surface area contributed by atoms with Gasteiger partial charge in [-0.15, -0.1) is 0 Å². The average Bonchev–Trinajstić information content (AvgIpc) is 3.37. The van der Waals surface area contributed by atoms with Crippen molar-refractivity contribution in [1.29, 1.82) is 0 Å². The molecule has 0 unspecified atom stereocenters. The first kappa shape index (κ1) is 17.5. The summed E-state index contributed by atoms with van der Waals surface area (Å²) in [5, 5.41) is 2.76. The van der Waals surface area contributed by atoms with Crippen molar-refractivity contribution >= 4 is 11.8 Å². The van der Waals surface area contributed by atoms with Crippen LogP contribution in [0, 0.1) is 5.92 Å². The van der Waals surface area contributed by atoms with Crippen LogP contribution in [0.4, 0.5) is 0 Å². The number of nitrogens with zero attached hydrogens (tertiary/aromatic N) is 1. The van der Waals surface area contributed by atoms with Gasteiger partial charge in [0.15, 0.2) is 0 Å². The van der Waals surface area contributed by atoms with Crippen LogP contribution in [0.2, 0.25) is 0 Å². The Hall–Kier alpha value is -1.88. The van der Waals surface area contributed by atoms with Crippen molar-refractivity contribution in [2.45, 2.75) is 38.8 Å². The molecule has 1 aliphatic carbocycles. The third kappa shape index (κ3) is 6.40. The third-order valence-corrected chi connectivity index (χ3v) is 3.97. The van der Waals surface area contributed by atoms with Crippen LogP contribution in [0.5, 0.6) is 0 Å². The molecule has 0 heterocycles. The Morgan fingerprint density at radius 1 is 1.30 bits per heavy atom. The number of benzene rings is 1. The average molecular weight is 318 g/mol. The van der Waals surface area contributed by atoms with Crippen LogP contribution in [0.15, 0.2) is 30.3 Å². The molecule has 2 rings (SSSR count). The van der Waals surface area contributed by atoms with Crippen molar-refractivity contribution in [1.82, 2.24) is 10.2 Å². The number of hydrogen-bond acceptors (Lipinski definition) is 3. The lowest BCUT2D eigenvalue weighted by atomic mass is 10.2. The summed E-state index contributed by atoms with van der Waals surface area (Å²) in [6, 6.07) is 9.84. The van der Waals surface area contributed by atoms with E-state index in [9.17, 15) is 9.59 Å². The van der Waals surface area contributed by atoms with Gasteiger partial charge >= 0.3 is 0 Å². The number of rotatable bonds is 9. The van der Waals surface area contributed by atoms with Crippen molar-refractivity contribution in [3.63, 3.8) is 0 Å². The van der Waals surface area contributed by atoms with Gasteiger partial charge in [0.1, 0.15) is 6.10 Å². The molecule has 1 saturated carbocycles. The molecule has 5 nitrogen and oxygen atoms in total. The number of hydrogen-bond donors (Lipinski definition) is 1. The second kappa shape index (κ2) is 8.67. The molecule has 1 atom stereocenters. The van der Waals surface area contributed by atoms with Gasteiger partial charge in [0.25, 0.3) is 0 Å². The Labute approximate surface area is 138 Å². The molecule has 1 fully saturated rings. The summed E-state index contributed by atoms with van der Waals surface area (Å²) < 4.78 is 5.50. The van der Waals surface area contributed by atoms with E-state index in [0.29, 0.717) is 32.0 Å². The molecule has 0 bridgehead atoms. The molecule has 0 radical (unpaired) electrons. The molecule has 0 spiro atoms. The second-order valence-corrected chi connectivity index (χ2v) is 6.20. The van der Waals surface area contributed by atoms with Crippen LogP contribution < -0.4 is 5.32 Å². The van der Waals surface area contributed by atoms with Gasteiger partial charge in [-0.1, -0.05) is 30.3 Å². The monoisotopic (exact) mass is 318 g/mol. The molecule has 5 heteroatoms. The topological polar surface area (TPSA) is 58.6 Å². The number of carbonyl (C=O) groups is 2. The molecule has 1 aromatic carbocycles. The first-order chi connectivity index (χ1) is 11.1. The Kier molecular flexibility index (Phi) is 6.59. The van der Waals surface area contributed by atoms with Gasteiger partial charge in [0, 0.05) is 26.6 Å². The van der Waals surface area contributed by atoms with Gasteiger partial charge in [0.05, 0.1) is 6.61 Å².